The standard InChI is InChI=1S/C45H62O3Si5/c1-46-53(47-2,48-3)39-27-25-34(26-28-39)38-31-42(51(10,11)12)45(43(32-38)52(13,14)15)36-23-21-35(22-24-36)44-40(49(4,5)6)29-37(30-41(44)50(7,8)9)33-19-17-16-18-20-33/h16-32H,1-15H3. The number of benzene rings is 5. The Morgan fingerprint density at radius 2 is 0.604 bits per heavy atom. The molecule has 0 bridgehead atoms. The second-order valence-corrected chi connectivity index (χ2v) is 41.7. The van der Waals surface area contributed by atoms with Crippen LogP contribution in [0.15, 0.2) is 103 Å². The normalized spacial score (nSPS) is 13.0. The maximum absolute atomic E-state index is 5.78. The highest BCUT2D eigenvalue weighted by atomic mass is 28.4. The lowest BCUT2D eigenvalue weighted by atomic mass is 9.96. The van der Waals surface area contributed by atoms with Gasteiger partial charge in [-0.3, -0.25) is 0 Å². The molecule has 0 N–H and O–H groups in total. The Hall–Kier alpha value is -2.94. The first-order valence-electron chi connectivity index (χ1n) is 18.9. The van der Waals surface area contributed by atoms with Gasteiger partial charge >= 0.3 is 8.80 Å². The van der Waals surface area contributed by atoms with Gasteiger partial charge in [0.15, 0.2) is 0 Å². The Morgan fingerprint density at radius 3 is 0.887 bits per heavy atom. The third-order valence-corrected chi connectivity index (χ3v) is 21.2. The van der Waals surface area contributed by atoms with Crippen LogP contribution in [0.25, 0.3) is 44.5 Å². The molecule has 5 aromatic rings. The van der Waals surface area contributed by atoms with Crippen LogP contribution in [-0.2, 0) is 13.3 Å². The maximum Gasteiger partial charge on any atom is 0.536 e. The van der Waals surface area contributed by atoms with Crippen LogP contribution in [-0.4, -0.2) is 62.4 Å². The fourth-order valence-electron chi connectivity index (χ4n) is 7.51. The van der Waals surface area contributed by atoms with Crippen LogP contribution >= 0.6 is 0 Å². The zero-order valence-electron chi connectivity index (χ0n) is 35.0. The van der Waals surface area contributed by atoms with E-state index in [2.05, 4.69) is 182 Å². The van der Waals surface area contributed by atoms with Crippen molar-refractivity contribution >= 4 is 67.0 Å². The van der Waals surface area contributed by atoms with Crippen molar-refractivity contribution in [2.75, 3.05) is 21.3 Å². The molecule has 3 nitrogen and oxygen atoms in total. The van der Waals surface area contributed by atoms with Gasteiger partial charge in [0.05, 0.1) is 32.3 Å². The molecule has 53 heavy (non-hydrogen) atoms. The molecule has 5 aromatic carbocycles. The third kappa shape index (κ3) is 8.65. The van der Waals surface area contributed by atoms with Gasteiger partial charge in [-0.25, -0.2) is 0 Å². The Bertz CT molecular complexity index is 1960. The van der Waals surface area contributed by atoms with E-state index < -0.39 is 41.1 Å². The van der Waals surface area contributed by atoms with Gasteiger partial charge in [-0.2, -0.15) is 0 Å². The molecular weight excluding hydrogens is 729 g/mol. The minimum atomic E-state index is -2.91. The Kier molecular flexibility index (Phi) is 11.9. The average molecular weight is 791 g/mol. The SMILES string of the molecule is CO[Si](OC)(OC)c1ccc(-c2cc([Si](C)(C)C)c(-c3ccc(-c4c([Si](C)(C)C)cc(-c5ccccc5)cc4[Si](C)(C)C)cc3)c([Si](C)(C)C)c2)cc1. The minimum absolute atomic E-state index is 0.963. The van der Waals surface area contributed by atoms with Gasteiger partial charge in [-0.15, -0.1) is 0 Å². The number of rotatable bonds is 12. The van der Waals surface area contributed by atoms with Gasteiger partial charge in [-0.05, 0) is 44.5 Å². The van der Waals surface area contributed by atoms with Crippen molar-refractivity contribution in [3.8, 4) is 44.5 Å². The van der Waals surface area contributed by atoms with Crippen LogP contribution in [0.3, 0.4) is 0 Å². The lowest BCUT2D eigenvalue weighted by molar-refractivity contribution is 0.140. The summed E-state index contributed by atoms with van der Waals surface area (Å²) in [6, 6.07) is 39.4. The van der Waals surface area contributed by atoms with E-state index in [-0.39, 0.29) is 0 Å². The van der Waals surface area contributed by atoms with E-state index in [0.717, 1.165) is 5.19 Å². The minimum Gasteiger partial charge on any atom is -0.373 e. The molecule has 5 rings (SSSR count). The maximum atomic E-state index is 5.78. The van der Waals surface area contributed by atoms with Gasteiger partial charge in [-0.1, -0.05) is 202 Å². The van der Waals surface area contributed by atoms with E-state index in [1.807, 2.05) is 0 Å². The fraction of sp³-hybridized carbons (Fsp3) is 0.333. The summed E-state index contributed by atoms with van der Waals surface area (Å²) in [7, 11) is -4.96. The van der Waals surface area contributed by atoms with Crippen LogP contribution in [0.5, 0.6) is 0 Å². The molecular formula is C45H62O3Si5. The molecule has 0 saturated heterocycles. The van der Waals surface area contributed by atoms with Gasteiger partial charge in [0.2, 0.25) is 0 Å². The van der Waals surface area contributed by atoms with E-state index in [9.17, 15) is 0 Å². The van der Waals surface area contributed by atoms with E-state index in [0.29, 0.717) is 0 Å². The van der Waals surface area contributed by atoms with Gasteiger partial charge in [0, 0.05) is 26.5 Å². The molecule has 0 aliphatic carbocycles. The summed E-state index contributed by atoms with van der Waals surface area (Å²) in [5, 5.41) is 7.14. The summed E-state index contributed by atoms with van der Waals surface area (Å²) < 4.78 is 17.3. The van der Waals surface area contributed by atoms with Crippen LogP contribution in [0.4, 0.5) is 0 Å². The fourth-order valence-corrected chi connectivity index (χ4v) is 16.0. The Balaban J connectivity index is 1.71. The highest BCUT2D eigenvalue weighted by Crippen LogP contribution is 2.32. The van der Waals surface area contributed by atoms with Crippen LogP contribution in [0, 0.1) is 0 Å². The zero-order valence-corrected chi connectivity index (χ0v) is 40.0. The summed E-state index contributed by atoms with van der Waals surface area (Å²) in [6.07, 6.45) is 0. The number of hydrogen-bond donors (Lipinski definition) is 0. The molecule has 0 radical (unpaired) electrons. The first-order valence-corrected chi connectivity index (χ1v) is 34.7. The second-order valence-electron chi connectivity index (χ2n) is 18.6. The van der Waals surface area contributed by atoms with Crippen molar-refractivity contribution < 1.29 is 13.3 Å². The topological polar surface area (TPSA) is 27.7 Å². The lowest BCUT2D eigenvalue weighted by Crippen LogP contribution is -2.54. The summed E-state index contributed by atoms with van der Waals surface area (Å²) >= 11 is 0. The first kappa shape index (κ1) is 41.2. The molecule has 0 amide bonds. The van der Waals surface area contributed by atoms with Crippen molar-refractivity contribution in [2.24, 2.45) is 0 Å². The van der Waals surface area contributed by atoms with Crippen LogP contribution in [0.2, 0.25) is 78.6 Å². The third-order valence-electron chi connectivity index (χ3n) is 10.5. The molecule has 0 unspecified atom stereocenters. The molecule has 0 aliphatic rings. The van der Waals surface area contributed by atoms with Crippen molar-refractivity contribution in [3.63, 3.8) is 0 Å². The predicted octanol–water partition coefficient (Wildman–Crippen LogP) is 9.62. The Morgan fingerprint density at radius 1 is 0.321 bits per heavy atom. The van der Waals surface area contributed by atoms with Crippen LogP contribution < -0.4 is 25.9 Å². The highest BCUT2D eigenvalue weighted by Gasteiger charge is 2.40. The smallest absolute Gasteiger partial charge is 0.373 e. The van der Waals surface area contributed by atoms with Crippen LogP contribution in [0.1, 0.15) is 0 Å². The molecule has 280 valence electrons. The monoisotopic (exact) mass is 790 g/mol. The summed E-state index contributed by atoms with van der Waals surface area (Å²) in [6.45, 7) is 30.0. The quantitative estimate of drug-likeness (QED) is 0.118. The molecule has 0 atom stereocenters. The van der Waals surface area contributed by atoms with E-state index in [1.54, 1.807) is 31.7 Å². The van der Waals surface area contributed by atoms with E-state index >= 15 is 0 Å². The molecule has 0 fully saturated rings. The van der Waals surface area contributed by atoms with Crippen molar-refractivity contribution in [3.05, 3.63) is 103 Å². The molecule has 0 heterocycles. The molecule has 0 saturated carbocycles. The second kappa shape index (κ2) is 15.3. The first-order chi connectivity index (χ1) is 24.6. The van der Waals surface area contributed by atoms with Gasteiger partial charge < -0.3 is 13.3 Å². The largest absolute Gasteiger partial charge is 0.536 e. The van der Waals surface area contributed by atoms with Crippen molar-refractivity contribution in [2.45, 2.75) is 78.6 Å². The summed E-state index contributed by atoms with van der Waals surface area (Å²) in [5.41, 5.74) is 10.8. The zero-order chi connectivity index (χ0) is 39.1. The summed E-state index contributed by atoms with van der Waals surface area (Å²) in [5.74, 6) is 0. The molecule has 8 heteroatoms. The van der Waals surface area contributed by atoms with Gasteiger partial charge in [0.25, 0.3) is 0 Å². The van der Waals surface area contributed by atoms with E-state index in [1.165, 1.54) is 54.9 Å². The van der Waals surface area contributed by atoms with Crippen molar-refractivity contribution in [1.82, 2.24) is 0 Å². The van der Waals surface area contributed by atoms with Gasteiger partial charge in [0.1, 0.15) is 0 Å². The lowest BCUT2D eigenvalue weighted by Gasteiger charge is -2.31. The predicted molar refractivity (Wildman–Crippen MR) is 247 cm³/mol. The number of hydrogen-bond acceptors (Lipinski definition) is 3. The van der Waals surface area contributed by atoms with E-state index in [4.69, 9.17) is 13.3 Å². The molecule has 0 aromatic heterocycles. The molecule has 0 aliphatic heterocycles. The highest BCUT2D eigenvalue weighted by molar-refractivity contribution is 6.94. The average Bonchev–Trinajstić information content (AvgIpc) is 3.11. The Labute approximate surface area is 326 Å². The van der Waals surface area contributed by atoms with Crippen molar-refractivity contribution in [1.29, 1.82) is 0 Å². The summed E-state index contributed by atoms with van der Waals surface area (Å²) in [4.78, 5) is 0. The molecule has 0 spiro atoms.